The normalized spacial score (nSPS) is 17.2. The molecule has 6 nitrogen and oxygen atoms in total. The Bertz CT molecular complexity index is 939. The number of rotatable bonds is 6. The number of carbonyl (C=O) groups is 3. The van der Waals surface area contributed by atoms with E-state index in [9.17, 15) is 19.5 Å². The van der Waals surface area contributed by atoms with Crippen LogP contribution in [0.5, 0.6) is 0 Å². The molecular weight excluding hydrogens is 368 g/mol. The van der Waals surface area contributed by atoms with Crippen LogP contribution in [0.15, 0.2) is 60.8 Å². The molecule has 29 heavy (non-hydrogen) atoms. The number of fused-ring (bicyclic) bond motifs is 1. The number of amides is 2. The molecule has 0 bridgehead atoms. The Balaban J connectivity index is 1.84. The summed E-state index contributed by atoms with van der Waals surface area (Å²) in [5.74, 6) is -2.26. The average Bonchev–Trinajstić information content (AvgIpc) is 2.72. The molecule has 150 valence electrons. The molecule has 6 heteroatoms. The van der Waals surface area contributed by atoms with Crippen LogP contribution in [0.25, 0.3) is 6.08 Å². The molecule has 2 aromatic carbocycles. The summed E-state index contributed by atoms with van der Waals surface area (Å²) in [5.41, 5.74) is 2.58. The Kier molecular flexibility index (Phi) is 6.12. The molecule has 1 aliphatic heterocycles. The van der Waals surface area contributed by atoms with Gasteiger partial charge in [0, 0.05) is 13.1 Å². The van der Waals surface area contributed by atoms with Gasteiger partial charge in [0.25, 0.3) is 0 Å². The van der Waals surface area contributed by atoms with Crippen LogP contribution in [0.2, 0.25) is 0 Å². The Morgan fingerprint density at radius 2 is 1.72 bits per heavy atom. The first-order valence-electron chi connectivity index (χ1n) is 9.51. The number of benzene rings is 2. The lowest BCUT2D eigenvalue weighted by Gasteiger charge is -2.33. The van der Waals surface area contributed by atoms with Gasteiger partial charge in [0.2, 0.25) is 11.8 Å². The molecule has 0 radical (unpaired) electrons. The van der Waals surface area contributed by atoms with E-state index in [1.54, 1.807) is 30.2 Å². The summed E-state index contributed by atoms with van der Waals surface area (Å²) in [6, 6.07) is 15.6. The van der Waals surface area contributed by atoms with Gasteiger partial charge in [-0.05, 0) is 29.7 Å². The fourth-order valence-electron chi connectivity index (χ4n) is 3.62. The first-order valence-corrected chi connectivity index (χ1v) is 9.51. The highest BCUT2D eigenvalue weighted by atomic mass is 16.4. The number of aliphatic carboxylic acids is 1. The zero-order chi connectivity index (χ0) is 21.0. The second-order valence-corrected chi connectivity index (χ2v) is 7.17. The number of hydrogen-bond acceptors (Lipinski definition) is 3. The second-order valence-electron chi connectivity index (χ2n) is 7.17. The molecule has 0 aliphatic carbocycles. The molecule has 0 fully saturated rings. The standard InChI is InChI=1S/C23H24N2O4/c1-15(23(28)29)22(18-9-4-3-5-10-18)24-21(27)14-20-19-11-7-6-8-17(19)12-13-25(20)16(2)26/h3-13,15,20,22H,14H2,1-2H3,(H,24,27)(H,28,29). The van der Waals surface area contributed by atoms with Gasteiger partial charge in [0.05, 0.1) is 24.4 Å². The molecule has 1 heterocycles. The minimum atomic E-state index is -0.990. The summed E-state index contributed by atoms with van der Waals surface area (Å²) in [5, 5.41) is 12.3. The monoisotopic (exact) mass is 392 g/mol. The molecule has 0 aromatic heterocycles. The number of nitrogens with zero attached hydrogens (tertiary/aromatic N) is 1. The van der Waals surface area contributed by atoms with Crippen LogP contribution in [0.4, 0.5) is 0 Å². The first kappa shape index (κ1) is 20.3. The predicted molar refractivity (Wildman–Crippen MR) is 109 cm³/mol. The van der Waals surface area contributed by atoms with E-state index in [0.717, 1.165) is 16.7 Å². The van der Waals surface area contributed by atoms with Gasteiger partial charge in [-0.15, -0.1) is 0 Å². The van der Waals surface area contributed by atoms with Crippen molar-refractivity contribution >= 4 is 23.9 Å². The molecular formula is C23H24N2O4. The molecule has 0 saturated carbocycles. The molecule has 2 amide bonds. The van der Waals surface area contributed by atoms with Crippen molar-refractivity contribution in [2.75, 3.05) is 0 Å². The van der Waals surface area contributed by atoms with Crippen molar-refractivity contribution in [1.29, 1.82) is 0 Å². The Morgan fingerprint density at radius 1 is 1.07 bits per heavy atom. The quantitative estimate of drug-likeness (QED) is 0.787. The van der Waals surface area contributed by atoms with E-state index in [0.29, 0.717) is 0 Å². The third kappa shape index (κ3) is 4.54. The number of nitrogens with one attached hydrogen (secondary N) is 1. The fraction of sp³-hybridized carbons (Fsp3) is 0.261. The second kappa shape index (κ2) is 8.73. The van der Waals surface area contributed by atoms with E-state index in [2.05, 4.69) is 5.32 Å². The topological polar surface area (TPSA) is 86.7 Å². The molecule has 0 spiro atoms. The summed E-state index contributed by atoms with van der Waals surface area (Å²) in [7, 11) is 0. The average molecular weight is 392 g/mol. The van der Waals surface area contributed by atoms with Crippen LogP contribution in [-0.4, -0.2) is 27.8 Å². The lowest BCUT2D eigenvalue weighted by atomic mass is 9.92. The van der Waals surface area contributed by atoms with Gasteiger partial charge in [-0.1, -0.05) is 54.6 Å². The van der Waals surface area contributed by atoms with Crippen molar-refractivity contribution in [1.82, 2.24) is 10.2 Å². The Morgan fingerprint density at radius 3 is 2.38 bits per heavy atom. The summed E-state index contributed by atoms with van der Waals surface area (Å²) in [4.78, 5) is 38.2. The molecule has 3 atom stereocenters. The fourth-order valence-corrected chi connectivity index (χ4v) is 3.62. The van der Waals surface area contributed by atoms with Crippen molar-refractivity contribution in [3.8, 4) is 0 Å². The van der Waals surface area contributed by atoms with Crippen molar-refractivity contribution in [3.63, 3.8) is 0 Å². The Labute approximate surface area is 169 Å². The molecule has 1 aliphatic rings. The lowest BCUT2D eigenvalue weighted by Crippen LogP contribution is -2.39. The smallest absolute Gasteiger partial charge is 0.308 e. The van der Waals surface area contributed by atoms with Gasteiger partial charge in [0.1, 0.15) is 0 Å². The number of hydrogen-bond donors (Lipinski definition) is 2. The van der Waals surface area contributed by atoms with Crippen molar-refractivity contribution in [3.05, 3.63) is 77.5 Å². The third-order valence-corrected chi connectivity index (χ3v) is 5.21. The highest BCUT2D eigenvalue weighted by Crippen LogP contribution is 2.33. The van der Waals surface area contributed by atoms with Gasteiger partial charge >= 0.3 is 5.97 Å². The minimum Gasteiger partial charge on any atom is -0.481 e. The van der Waals surface area contributed by atoms with E-state index >= 15 is 0 Å². The van der Waals surface area contributed by atoms with Gasteiger partial charge < -0.3 is 15.3 Å². The summed E-state index contributed by atoms with van der Waals surface area (Å²) >= 11 is 0. The highest BCUT2D eigenvalue weighted by molar-refractivity contribution is 5.82. The van der Waals surface area contributed by atoms with Crippen molar-refractivity contribution < 1.29 is 19.5 Å². The van der Waals surface area contributed by atoms with E-state index < -0.39 is 24.0 Å². The van der Waals surface area contributed by atoms with E-state index in [1.165, 1.54) is 6.92 Å². The summed E-state index contributed by atoms with van der Waals surface area (Å²) < 4.78 is 0. The van der Waals surface area contributed by atoms with Crippen LogP contribution >= 0.6 is 0 Å². The maximum atomic E-state index is 12.9. The van der Waals surface area contributed by atoms with Crippen LogP contribution in [0.1, 0.15) is 49.0 Å². The van der Waals surface area contributed by atoms with Gasteiger partial charge in [0.15, 0.2) is 0 Å². The number of carbonyl (C=O) groups excluding carboxylic acids is 2. The number of carboxylic acid groups (broad SMARTS) is 1. The Hall–Kier alpha value is -3.41. The van der Waals surface area contributed by atoms with Gasteiger partial charge in [-0.25, -0.2) is 0 Å². The van der Waals surface area contributed by atoms with Crippen LogP contribution in [0, 0.1) is 5.92 Å². The minimum absolute atomic E-state index is 0.0383. The van der Waals surface area contributed by atoms with E-state index in [4.69, 9.17) is 0 Å². The highest BCUT2D eigenvalue weighted by Gasteiger charge is 2.31. The molecule has 3 rings (SSSR count). The van der Waals surface area contributed by atoms with Crippen molar-refractivity contribution in [2.24, 2.45) is 5.92 Å². The largest absolute Gasteiger partial charge is 0.481 e. The molecule has 0 saturated heterocycles. The van der Waals surface area contributed by atoms with Crippen LogP contribution in [0.3, 0.4) is 0 Å². The van der Waals surface area contributed by atoms with Crippen LogP contribution < -0.4 is 5.32 Å². The summed E-state index contributed by atoms with van der Waals surface area (Å²) in [6.07, 6.45) is 3.58. The third-order valence-electron chi connectivity index (χ3n) is 5.21. The zero-order valence-corrected chi connectivity index (χ0v) is 16.4. The molecule has 2 aromatic rings. The molecule has 3 unspecified atom stereocenters. The van der Waals surface area contributed by atoms with Gasteiger partial charge in [-0.2, -0.15) is 0 Å². The van der Waals surface area contributed by atoms with E-state index in [1.807, 2.05) is 48.5 Å². The SMILES string of the molecule is CC(=O)N1C=Cc2ccccc2C1CC(=O)NC(c1ccccc1)C(C)C(=O)O. The van der Waals surface area contributed by atoms with Gasteiger partial charge in [-0.3, -0.25) is 14.4 Å². The first-order chi connectivity index (χ1) is 13.9. The molecule has 2 N–H and O–H groups in total. The maximum absolute atomic E-state index is 12.9. The predicted octanol–water partition coefficient (Wildman–Crippen LogP) is 3.53. The van der Waals surface area contributed by atoms with E-state index in [-0.39, 0.29) is 18.2 Å². The number of carboxylic acids is 1. The lowest BCUT2D eigenvalue weighted by molar-refractivity contribution is -0.142. The zero-order valence-electron chi connectivity index (χ0n) is 16.4. The maximum Gasteiger partial charge on any atom is 0.308 e. The van der Waals surface area contributed by atoms with Crippen molar-refractivity contribution in [2.45, 2.75) is 32.4 Å². The summed E-state index contributed by atoms with van der Waals surface area (Å²) in [6.45, 7) is 3.03. The van der Waals surface area contributed by atoms with Crippen LogP contribution in [-0.2, 0) is 14.4 Å².